The fraction of sp³-hybridized carbons (Fsp3) is 0.542. The summed E-state index contributed by atoms with van der Waals surface area (Å²) in [5.41, 5.74) is 2.05. The van der Waals surface area contributed by atoms with Gasteiger partial charge in [-0.05, 0) is 37.0 Å². The van der Waals surface area contributed by atoms with Gasteiger partial charge >= 0.3 is 0 Å². The van der Waals surface area contributed by atoms with Gasteiger partial charge in [-0.25, -0.2) is 4.98 Å². The van der Waals surface area contributed by atoms with E-state index in [2.05, 4.69) is 21.3 Å². The van der Waals surface area contributed by atoms with E-state index in [0.29, 0.717) is 24.1 Å². The minimum absolute atomic E-state index is 0.0186. The number of methoxy groups -OCH3 is 1. The molecule has 2 aromatic rings. The van der Waals surface area contributed by atoms with Crippen molar-refractivity contribution in [1.82, 2.24) is 9.88 Å². The van der Waals surface area contributed by atoms with Crippen LogP contribution in [0.4, 0.5) is 10.8 Å². The standard InChI is InChI=1S/C24H32N4O3S/c1-17-8-9-21(31-2)19(14-17)27-11-12-28(22(29)16-27)20(15-18-6-4-3-5-7-18)23(30)26-24-25-10-13-32-24/h8-10,13-14,18,20H,3-7,11-12,15-16H2,1-2H3,(H,25,26,30)/t20-/m0/s1. The Morgan fingerprint density at radius 1 is 1.28 bits per heavy atom. The molecule has 0 spiro atoms. The normalized spacial score (nSPS) is 18.5. The van der Waals surface area contributed by atoms with Gasteiger partial charge in [0.05, 0.1) is 19.3 Å². The van der Waals surface area contributed by atoms with Gasteiger partial charge in [-0.3, -0.25) is 9.59 Å². The molecule has 2 amide bonds. The van der Waals surface area contributed by atoms with Crippen LogP contribution in [0.2, 0.25) is 0 Å². The van der Waals surface area contributed by atoms with Crippen molar-refractivity contribution in [2.24, 2.45) is 5.92 Å². The first-order valence-corrected chi connectivity index (χ1v) is 12.3. The number of benzene rings is 1. The number of rotatable bonds is 7. The van der Waals surface area contributed by atoms with Gasteiger partial charge in [0.15, 0.2) is 5.13 Å². The average Bonchev–Trinajstić information content (AvgIpc) is 3.31. The zero-order valence-corrected chi connectivity index (χ0v) is 19.7. The molecule has 32 heavy (non-hydrogen) atoms. The van der Waals surface area contributed by atoms with Crippen LogP contribution in [0, 0.1) is 12.8 Å². The molecule has 2 fully saturated rings. The van der Waals surface area contributed by atoms with Crippen LogP contribution in [0.1, 0.15) is 44.1 Å². The van der Waals surface area contributed by atoms with Crippen LogP contribution < -0.4 is 15.0 Å². The van der Waals surface area contributed by atoms with Crippen LogP contribution in [-0.4, -0.2) is 54.5 Å². The Kier molecular flexibility index (Phi) is 7.29. The van der Waals surface area contributed by atoms with E-state index in [1.54, 1.807) is 18.2 Å². The Bertz CT molecular complexity index is 927. The van der Waals surface area contributed by atoms with Gasteiger partial charge < -0.3 is 19.9 Å². The van der Waals surface area contributed by atoms with Crippen LogP contribution in [0.25, 0.3) is 0 Å². The molecule has 7 nitrogen and oxygen atoms in total. The van der Waals surface area contributed by atoms with Crippen LogP contribution in [0.5, 0.6) is 5.75 Å². The van der Waals surface area contributed by atoms with Crippen LogP contribution in [0.15, 0.2) is 29.8 Å². The summed E-state index contributed by atoms with van der Waals surface area (Å²) in [6.07, 6.45) is 8.35. The summed E-state index contributed by atoms with van der Waals surface area (Å²) in [7, 11) is 1.65. The number of carbonyl (C=O) groups is 2. The zero-order valence-electron chi connectivity index (χ0n) is 18.9. The summed E-state index contributed by atoms with van der Waals surface area (Å²) < 4.78 is 5.52. The molecule has 0 radical (unpaired) electrons. The second-order valence-corrected chi connectivity index (χ2v) is 9.66. The Balaban J connectivity index is 1.50. The van der Waals surface area contributed by atoms with Crippen molar-refractivity contribution in [2.45, 2.75) is 51.5 Å². The highest BCUT2D eigenvalue weighted by Gasteiger charge is 2.36. The molecule has 0 unspecified atom stereocenters. The smallest absolute Gasteiger partial charge is 0.248 e. The monoisotopic (exact) mass is 456 g/mol. The summed E-state index contributed by atoms with van der Waals surface area (Å²) >= 11 is 1.40. The number of nitrogens with one attached hydrogen (secondary N) is 1. The number of amides is 2. The zero-order chi connectivity index (χ0) is 22.5. The quantitative estimate of drug-likeness (QED) is 0.679. The van der Waals surface area contributed by atoms with Crippen molar-refractivity contribution in [2.75, 3.05) is 37.0 Å². The molecule has 4 rings (SSSR count). The first-order chi connectivity index (χ1) is 15.5. The van der Waals surface area contributed by atoms with Gasteiger partial charge in [-0.1, -0.05) is 38.2 Å². The molecule has 1 aromatic carbocycles. The molecule has 2 aliphatic rings. The van der Waals surface area contributed by atoms with Crippen LogP contribution in [-0.2, 0) is 9.59 Å². The minimum atomic E-state index is -0.462. The number of ether oxygens (including phenoxy) is 1. The lowest BCUT2D eigenvalue weighted by molar-refractivity contribution is -0.139. The van der Waals surface area contributed by atoms with Gasteiger partial charge in [0.2, 0.25) is 11.8 Å². The lowest BCUT2D eigenvalue weighted by Crippen LogP contribution is -2.57. The maximum absolute atomic E-state index is 13.3. The van der Waals surface area contributed by atoms with E-state index >= 15 is 0 Å². The fourth-order valence-corrected chi connectivity index (χ4v) is 5.39. The molecular formula is C24H32N4O3S. The maximum Gasteiger partial charge on any atom is 0.248 e. The second-order valence-electron chi connectivity index (χ2n) is 8.77. The van der Waals surface area contributed by atoms with E-state index in [9.17, 15) is 9.59 Å². The molecule has 1 saturated heterocycles. The molecule has 1 atom stereocenters. The highest BCUT2D eigenvalue weighted by molar-refractivity contribution is 7.13. The summed E-state index contributed by atoms with van der Waals surface area (Å²) in [4.78, 5) is 34.6. The number of nitrogens with zero attached hydrogens (tertiary/aromatic N) is 3. The lowest BCUT2D eigenvalue weighted by atomic mass is 9.84. The van der Waals surface area contributed by atoms with E-state index in [1.807, 2.05) is 24.4 Å². The van der Waals surface area contributed by atoms with E-state index in [-0.39, 0.29) is 18.4 Å². The third kappa shape index (κ3) is 5.23. The molecule has 0 bridgehead atoms. The number of carbonyl (C=O) groups excluding carboxylic acids is 2. The molecule has 1 saturated carbocycles. The number of thiazole rings is 1. The Labute approximate surface area is 193 Å². The molecule has 1 aliphatic carbocycles. The molecule has 1 N–H and O–H groups in total. The SMILES string of the molecule is COc1ccc(C)cc1N1CCN([C@@H](CC2CCCCC2)C(=O)Nc2nccs2)C(=O)C1. The number of aromatic nitrogens is 1. The number of hydrogen-bond donors (Lipinski definition) is 1. The summed E-state index contributed by atoms with van der Waals surface area (Å²) in [5.74, 6) is 1.10. The van der Waals surface area contributed by atoms with Gasteiger partial charge in [0, 0.05) is 24.7 Å². The van der Waals surface area contributed by atoms with Crippen molar-refractivity contribution in [3.8, 4) is 5.75 Å². The first-order valence-electron chi connectivity index (χ1n) is 11.4. The highest BCUT2D eigenvalue weighted by atomic mass is 32.1. The molecule has 8 heteroatoms. The Morgan fingerprint density at radius 2 is 2.09 bits per heavy atom. The topological polar surface area (TPSA) is 74.8 Å². The number of aryl methyl sites for hydroxylation is 1. The average molecular weight is 457 g/mol. The van der Waals surface area contributed by atoms with Crippen molar-refractivity contribution in [3.05, 3.63) is 35.3 Å². The Morgan fingerprint density at radius 3 is 2.78 bits per heavy atom. The molecular weight excluding hydrogens is 424 g/mol. The third-order valence-corrected chi connectivity index (χ3v) is 7.24. The summed E-state index contributed by atoms with van der Waals surface area (Å²) in [5, 5.41) is 5.36. The van der Waals surface area contributed by atoms with Crippen LogP contribution >= 0.6 is 11.3 Å². The maximum atomic E-state index is 13.3. The Hall–Kier alpha value is -2.61. The van der Waals surface area contributed by atoms with Gasteiger partial charge in [0.25, 0.3) is 0 Å². The van der Waals surface area contributed by atoms with E-state index < -0.39 is 6.04 Å². The fourth-order valence-electron chi connectivity index (χ4n) is 4.86. The van der Waals surface area contributed by atoms with Crippen molar-refractivity contribution in [1.29, 1.82) is 0 Å². The van der Waals surface area contributed by atoms with Gasteiger partial charge in [-0.2, -0.15) is 0 Å². The van der Waals surface area contributed by atoms with Crippen molar-refractivity contribution >= 4 is 34.0 Å². The summed E-state index contributed by atoms with van der Waals surface area (Å²) in [6.45, 7) is 3.45. The molecule has 172 valence electrons. The van der Waals surface area contributed by atoms with Crippen molar-refractivity contribution in [3.63, 3.8) is 0 Å². The van der Waals surface area contributed by atoms with Crippen molar-refractivity contribution < 1.29 is 14.3 Å². The largest absolute Gasteiger partial charge is 0.495 e. The first kappa shape index (κ1) is 22.6. The summed E-state index contributed by atoms with van der Waals surface area (Å²) in [6, 6.07) is 5.53. The molecule has 2 heterocycles. The predicted octanol–water partition coefficient (Wildman–Crippen LogP) is 4.09. The molecule has 1 aliphatic heterocycles. The van der Waals surface area contributed by atoms with E-state index in [1.165, 1.54) is 30.6 Å². The lowest BCUT2D eigenvalue weighted by Gasteiger charge is -2.40. The van der Waals surface area contributed by atoms with E-state index in [0.717, 1.165) is 36.3 Å². The van der Waals surface area contributed by atoms with Gasteiger partial charge in [0.1, 0.15) is 11.8 Å². The number of anilines is 2. The van der Waals surface area contributed by atoms with E-state index in [4.69, 9.17) is 4.74 Å². The minimum Gasteiger partial charge on any atom is -0.495 e. The van der Waals surface area contributed by atoms with Gasteiger partial charge in [-0.15, -0.1) is 11.3 Å². The number of hydrogen-bond acceptors (Lipinski definition) is 6. The van der Waals surface area contributed by atoms with Crippen LogP contribution in [0.3, 0.4) is 0 Å². The number of piperazine rings is 1. The predicted molar refractivity (Wildman–Crippen MR) is 127 cm³/mol. The second kappa shape index (κ2) is 10.3. The third-order valence-electron chi connectivity index (χ3n) is 6.55. The highest BCUT2D eigenvalue weighted by Crippen LogP contribution is 2.32. The molecule has 1 aromatic heterocycles.